The zero-order valence-electron chi connectivity index (χ0n) is 9.66. The lowest BCUT2D eigenvalue weighted by Crippen LogP contribution is -2.22. The van der Waals surface area contributed by atoms with Crippen molar-refractivity contribution >= 4 is 0 Å². The Morgan fingerprint density at radius 3 is 2.29 bits per heavy atom. The van der Waals surface area contributed by atoms with Crippen LogP contribution in [0.4, 0.5) is 0 Å². The van der Waals surface area contributed by atoms with Crippen LogP contribution in [0, 0.1) is 5.92 Å². The van der Waals surface area contributed by atoms with Crippen LogP contribution in [0.1, 0.15) is 33.6 Å². The minimum Gasteiger partial charge on any atom is -0.390 e. The third kappa shape index (κ3) is 8.48. The van der Waals surface area contributed by atoms with E-state index in [9.17, 15) is 5.11 Å². The lowest BCUT2D eigenvalue weighted by atomic mass is 10.1. The molecule has 0 aromatic rings. The summed E-state index contributed by atoms with van der Waals surface area (Å²) in [4.78, 5) is 0. The van der Waals surface area contributed by atoms with Crippen LogP contribution in [0.3, 0.4) is 0 Å². The maximum absolute atomic E-state index is 9.40. The molecule has 0 rings (SSSR count). The van der Waals surface area contributed by atoms with Gasteiger partial charge in [0.25, 0.3) is 0 Å². The first-order chi connectivity index (χ1) is 6.68. The number of unbranched alkanes of at least 4 members (excludes halogenated alkanes) is 1. The van der Waals surface area contributed by atoms with Gasteiger partial charge in [-0.3, -0.25) is 0 Å². The van der Waals surface area contributed by atoms with Gasteiger partial charge in [0.15, 0.2) is 0 Å². The van der Waals surface area contributed by atoms with Crippen LogP contribution in [0.25, 0.3) is 0 Å². The van der Waals surface area contributed by atoms with Crippen LogP contribution in [0.2, 0.25) is 0 Å². The Balaban J connectivity index is 3.06. The van der Waals surface area contributed by atoms with Gasteiger partial charge >= 0.3 is 0 Å². The molecule has 1 unspecified atom stereocenters. The normalized spacial score (nSPS) is 13.5. The van der Waals surface area contributed by atoms with E-state index >= 15 is 0 Å². The summed E-state index contributed by atoms with van der Waals surface area (Å²) < 4.78 is 10.6. The molecule has 0 bridgehead atoms. The van der Waals surface area contributed by atoms with Gasteiger partial charge in [-0.05, 0) is 12.3 Å². The van der Waals surface area contributed by atoms with E-state index in [-0.39, 0.29) is 12.0 Å². The number of rotatable bonds is 9. The van der Waals surface area contributed by atoms with E-state index in [2.05, 4.69) is 6.92 Å². The molecule has 0 spiro atoms. The molecule has 0 saturated carbocycles. The van der Waals surface area contributed by atoms with Gasteiger partial charge in [0, 0.05) is 6.61 Å². The number of aliphatic hydroxyl groups excluding tert-OH is 1. The summed E-state index contributed by atoms with van der Waals surface area (Å²) in [5.41, 5.74) is 0. The summed E-state index contributed by atoms with van der Waals surface area (Å²) in [7, 11) is 0. The van der Waals surface area contributed by atoms with E-state index < -0.39 is 0 Å². The van der Waals surface area contributed by atoms with Crippen molar-refractivity contribution in [3.05, 3.63) is 0 Å². The van der Waals surface area contributed by atoms with E-state index in [1.165, 1.54) is 0 Å². The lowest BCUT2D eigenvalue weighted by Gasteiger charge is -2.14. The fraction of sp³-hybridized carbons (Fsp3) is 1.00. The third-order valence-corrected chi connectivity index (χ3v) is 2.07. The highest BCUT2D eigenvalue weighted by Gasteiger charge is 2.08. The Morgan fingerprint density at radius 2 is 1.71 bits per heavy atom. The molecule has 0 saturated heterocycles. The van der Waals surface area contributed by atoms with Crippen molar-refractivity contribution < 1.29 is 14.6 Å². The van der Waals surface area contributed by atoms with Gasteiger partial charge in [-0.1, -0.05) is 27.2 Å². The van der Waals surface area contributed by atoms with E-state index in [1.807, 2.05) is 13.8 Å². The Bertz CT molecular complexity index is 115. The highest BCUT2D eigenvalue weighted by atomic mass is 16.5. The van der Waals surface area contributed by atoms with Gasteiger partial charge in [0.05, 0.1) is 25.9 Å². The minimum absolute atomic E-state index is 0.260. The maximum Gasteiger partial charge on any atom is 0.0796 e. The van der Waals surface area contributed by atoms with Gasteiger partial charge in [0.1, 0.15) is 0 Å². The van der Waals surface area contributed by atoms with Crippen molar-refractivity contribution in [3.8, 4) is 0 Å². The van der Waals surface area contributed by atoms with Gasteiger partial charge in [-0.25, -0.2) is 0 Å². The summed E-state index contributed by atoms with van der Waals surface area (Å²) in [5, 5.41) is 9.40. The minimum atomic E-state index is -0.356. The topological polar surface area (TPSA) is 38.7 Å². The summed E-state index contributed by atoms with van der Waals surface area (Å²) in [6.45, 7) is 8.52. The largest absolute Gasteiger partial charge is 0.390 e. The lowest BCUT2D eigenvalue weighted by molar-refractivity contribution is -0.0114. The van der Waals surface area contributed by atoms with Crippen molar-refractivity contribution in [1.82, 2.24) is 0 Å². The Labute approximate surface area is 87.4 Å². The van der Waals surface area contributed by atoms with Crippen LogP contribution >= 0.6 is 0 Å². The van der Waals surface area contributed by atoms with E-state index in [1.54, 1.807) is 0 Å². The average molecular weight is 204 g/mol. The molecule has 86 valence electrons. The SMILES string of the molecule is CCCCOCCOCC(O)C(C)C. The number of hydrogen-bond acceptors (Lipinski definition) is 3. The smallest absolute Gasteiger partial charge is 0.0796 e. The van der Waals surface area contributed by atoms with Gasteiger partial charge < -0.3 is 14.6 Å². The molecule has 0 aliphatic carbocycles. The molecular weight excluding hydrogens is 180 g/mol. The molecule has 0 heterocycles. The maximum atomic E-state index is 9.40. The molecule has 0 amide bonds. The van der Waals surface area contributed by atoms with E-state index in [4.69, 9.17) is 9.47 Å². The second-order valence-corrected chi connectivity index (χ2v) is 3.85. The van der Waals surface area contributed by atoms with Crippen molar-refractivity contribution in [2.45, 2.75) is 39.7 Å². The summed E-state index contributed by atoms with van der Waals surface area (Å²) in [6.07, 6.45) is 1.91. The molecule has 0 aromatic carbocycles. The molecule has 1 N–H and O–H groups in total. The van der Waals surface area contributed by atoms with Crippen molar-refractivity contribution in [2.24, 2.45) is 5.92 Å². The number of aliphatic hydroxyl groups is 1. The summed E-state index contributed by atoms with van der Waals surface area (Å²) in [5.74, 6) is 0.260. The van der Waals surface area contributed by atoms with E-state index in [0.717, 1.165) is 19.4 Å². The predicted molar refractivity (Wildman–Crippen MR) is 57.4 cm³/mol. The fourth-order valence-electron chi connectivity index (χ4n) is 0.863. The molecule has 0 aliphatic rings. The zero-order chi connectivity index (χ0) is 10.8. The summed E-state index contributed by atoms with van der Waals surface area (Å²) in [6, 6.07) is 0. The molecule has 0 aromatic heterocycles. The fourth-order valence-corrected chi connectivity index (χ4v) is 0.863. The monoisotopic (exact) mass is 204 g/mol. The second kappa shape index (κ2) is 9.44. The average Bonchev–Trinajstić information content (AvgIpc) is 2.16. The molecule has 3 nitrogen and oxygen atoms in total. The van der Waals surface area contributed by atoms with Crippen LogP contribution in [0.5, 0.6) is 0 Å². The molecular formula is C11H24O3. The van der Waals surface area contributed by atoms with Crippen molar-refractivity contribution in [2.75, 3.05) is 26.4 Å². The van der Waals surface area contributed by atoms with Crippen LogP contribution in [-0.4, -0.2) is 37.6 Å². The van der Waals surface area contributed by atoms with E-state index in [0.29, 0.717) is 19.8 Å². The van der Waals surface area contributed by atoms with Gasteiger partial charge in [-0.2, -0.15) is 0 Å². The standard InChI is InChI=1S/C11H24O3/c1-4-5-6-13-7-8-14-9-11(12)10(2)3/h10-12H,4-9H2,1-3H3. The third-order valence-electron chi connectivity index (χ3n) is 2.07. The highest BCUT2D eigenvalue weighted by molar-refractivity contribution is 4.57. The Hall–Kier alpha value is -0.120. The first-order valence-electron chi connectivity index (χ1n) is 5.52. The molecule has 0 radical (unpaired) electrons. The first-order valence-corrected chi connectivity index (χ1v) is 5.52. The predicted octanol–water partition coefficient (Wildman–Crippen LogP) is 1.84. The molecule has 3 heteroatoms. The number of ether oxygens (including phenoxy) is 2. The van der Waals surface area contributed by atoms with Crippen molar-refractivity contribution in [3.63, 3.8) is 0 Å². The molecule has 0 aliphatic heterocycles. The van der Waals surface area contributed by atoms with Gasteiger partial charge in [0.2, 0.25) is 0 Å². The number of hydrogen-bond donors (Lipinski definition) is 1. The summed E-state index contributed by atoms with van der Waals surface area (Å²) >= 11 is 0. The molecule has 1 atom stereocenters. The van der Waals surface area contributed by atoms with Crippen LogP contribution < -0.4 is 0 Å². The second-order valence-electron chi connectivity index (χ2n) is 3.85. The Morgan fingerprint density at radius 1 is 1.07 bits per heavy atom. The molecule has 14 heavy (non-hydrogen) atoms. The Kier molecular flexibility index (Phi) is 9.35. The first kappa shape index (κ1) is 13.9. The van der Waals surface area contributed by atoms with Gasteiger partial charge in [-0.15, -0.1) is 0 Å². The molecule has 0 fully saturated rings. The highest BCUT2D eigenvalue weighted by Crippen LogP contribution is 2.00. The zero-order valence-corrected chi connectivity index (χ0v) is 9.66. The van der Waals surface area contributed by atoms with Crippen molar-refractivity contribution in [1.29, 1.82) is 0 Å². The van der Waals surface area contributed by atoms with Crippen LogP contribution in [-0.2, 0) is 9.47 Å². The quantitative estimate of drug-likeness (QED) is 0.582. The van der Waals surface area contributed by atoms with Crippen LogP contribution in [0.15, 0.2) is 0 Å².